The normalized spacial score (nSPS) is 9.92. The number of pyridine rings is 1. The number of carbonyl (C=O) groups is 1. The molecule has 1 rings (SSSR count). The molecule has 13 heavy (non-hydrogen) atoms. The summed E-state index contributed by atoms with van der Waals surface area (Å²) in [6.07, 6.45) is 5.78. The van der Waals surface area contributed by atoms with Gasteiger partial charge in [-0.05, 0) is 30.9 Å². The summed E-state index contributed by atoms with van der Waals surface area (Å²) in [4.78, 5) is 14.5. The smallest absolute Gasteiger partial charge is 0.217 e. The van der Waals surface area contributed by atoms with Crippen molar-refractivity contribution < 1.29 is 4.79 Å². The molecule has 0 radical (unpaired) electrons. The average molecular weight is 178 g/mol. The zero-order chi connectivity index (χ0) is 9.68. The zero-order valence-corrected chi connectivity index (χ0v) is 7.79. The third kappa shape index (κ3) is 3.69. The maximum absolute atomic E-state index is 10.5. The number of rotatable bonds is 4. The molecule has 0 saturated carbocycles. The highest BCUT2D eigenvalue weighted by atomic mass is 16.1. The second-order valence-electron chi connectivity index (χ2n) is 3.19. The standard InChI is InChI=1S/C10H14N2O/c1-8-5-9(7-12-6-8)3-2-4-10(11)13/h5-7H,2-4H2,1H3,(H2,11,13). The summed E-state index contributed by atoms with van der Waals surface area (Å²) in [5.41, 5.74) is 7.35. The first-order chi connectivity index (χ1) is 6.18. The molecule has 0 saturated heterocycles. The Balaban J connectivity index is 2.41. The molecule has 0 aliphatic carbocycles. The fourth-order valence-electron chi connectivity index (χ4n) is 1.22. The molecule has 3 heteroatoms. The number of nitrogens with two attached hydrogens (primary N) is 1. The second-order valence-corrected chi connectivity index (χ2v) is 3.19. The SMILES string of the molecule is Cc1cncc(CCCC(N)=O)c1. The Hall–Kier alpha value is -1.38. The van der Waals surface area contributed by atoms with E-state index in [1.165, 1.54) is 5.56 Å². The Bertz CT molecular complexity index is 297. The van der Waals surface area contributed by atoms with E-state index in [0.29, 0.717) is 6.42 Å². The van der Waals surface area contributed by atoms with Gasteiger partial charge in [-0.2, -0.15) is 0 Å². The van der Waals surface area contributed by atoms with Crippen LogP contribution in [0.3, 0.4) is 0 Å². The predicted molar refractivity (Wildman–Crippen MR) is 51.1 cm³/mol. The number of amides is 1. The van der Waals surface area contributed by atoms with Crippen LogP contribution in [-0.4, -0.2) is 10.9 Å². The second kappa shape index (κ2) is 4.60. The van der Waals surface area contributed by atoms with E-state index in [1.807, 2.05) is 19.3 Å². The molecule has 0 aromatic carbocycles. The molecule has 0 aliphatic heterocycles. The van der Waals surface area contributed by atoms with Gasteiger partial charge in [0.25, 0.3) is 0 Å². The monoisotopic (exact) mass is 178 g/mol. The van der Waals surface area contributed by atoms with Crippen LogP contribution in [0.5, 0.6) is 0 Å². The molecule has 0 unspecified atom stereocenters. The molecule has 0 fully saturated rings. The number of hydrogen-bond donors (Lipinski definition) is 1. The van der Waals surface area contributed by atoms with Gasteiger partial charge in [-0.15, -0.1) is 0 Å². The van der Waals surface area contributed by atoms with E-state index < -0.39 is 0 Å². The summed E-state index contributed by atoms with van der Waals surface area (Å²) in [6.45, 7) is 2.00. The summed E-state index contributed by atoms with van der Waals surface area (Å²) in [6, 6.07) is 2.08. The number of primary amides is 1. The first kappa shape index (κ1) is 9.71. The molecule has 1 amide bonds. The van der Waals surface area contributed by atoms with E-state index >= 15 is 0 Å². The lowest BCUT2D eigenvalue weighted by molar-refractivity contribution is -0.118. The largest absolute Gasteiger partial charge is 0.370 e. The Labute approximate surface area is 78.0 Å². The number of aromatic nitrogens is 1. The van der Waals surface area contributed by atoms with Crippen LogP contribution in [0.15, 0.2) is 18.5 Å². The molecule has 1 heterocycles. The first-order valence-electron chi connectivity index (χ1n) is 4.37. The molecule has 3 nitrogen and oxygen atoms in total. The van der Waals surface area contributed by atoms with Gasteiger partial charge in [0.15, 0.2) is 0 Å². The van der Waals surface area contributed by atoms with Crippen molar-refractivity contribution in [1.29, 1.82) is 0 Å². The van der Waals surface area contributed by atoms with Crippen molar-refractivity contribution in [3.8, 4) is 0 Å². The number of nitrogens with zero attached hydrogens (tertiary/aromatic N) is 1. The number of hydrogen-bond acceptors (Lipinski definition) is 2. The molecule has 0 bridgehead atoms. The first-order valence-corrected chi connectivity index (χ1v) is 4.37. The van der Waals surface area contributed by atoms with Crippen molar-refractivity contribution >= 4 is 5.91 Å². The summed E-state index contributed by atoms with van der Waals surface area (Å²) in [5.74, 6) is -0.236. The van der Waals surface area contributed by atoms with Crippen LogP contribution in [0.4, 0.5) is 0 Å². The van der Waals surface area contributed by atoms with E-state index in [2.05, 4.69) is 11.1 Å². The van der Waals surface area contributed by atoms with Gasteiger partial charge in [0.05, 0.1) is 0 Å². The van der Waals surface area contributed by atoms with E-state index in [9.17, 15) is 4.79 Å². The third-order valence-electron chi connectivity index (χ3n) is 1.82. The molecule has 0 aliphatic rings. The highest BCUT2D eigenvalue weighted by Gasteiger charge is 1.97. The molecule has 0 atom stereocenters. The van der Waals surface area contributed by atoms with Crippen LogP contribution in [0.2, 0.25) is 0 Å². The van der Waals surface area contributed by atoms with Crippen LogP contribution in [-0.2, 0) is 11.2 Å². The molecular weight excluding hydrogens is 164 g/mol. The molecular formula is C10H14N2O. The molecule has 70 valence electrons. The van der Waals surface area contributed by atoms with Crippen LogP contribution in [0, 0.1) is 6.92 Å². The Morgan fingerprint density at radius 3 is 2.92 bits per heavy atom. The van der Waals surface area contributed by atoms with Crippen molar-refractivity contribution in [3.05, 3.63) is 29.6 Å². The minimum Gasteiger partial charge on any atom is -0.370 e. The van der Waals surface area contributed by atoms with Crippen molar-refractivity contribution in [3.63, 3.8) is 0 Å². The maximum Gasteiger partial charge on any atom is 0.217 e. The summed E-state index contributed by atoms with van der Waals surface area (Å²) in [5, 5.41) is 0. The average Bonchev–Trinajstić information content (AvgIpc) is 2.03. The van der Waals surface area contributed by atoms with Gasteiger partial charge in [-0.1, -0.05) is 6.07 Å². The van der Waals surface area contributed by atoms with E-state index in [1.54, 1.807) is 0 Å². The minimum absolute atomic E-state index is 0.236. The Morgan fingerprint density at radius 1 is 1.54 bits per heavy atom. The topological polar surface area (TPSA) is 56.0 Å². The van der Waals surface area contributed by atoms with Crippen LogP contribution >= 0.6 is 0 Å². The van der Waals surface area contributed by atoms with Gasteiger partial charge < -0.3 is 5.73 Å². The number of aryl methyl sites for hydroxylation is 2. The molecule has 0 spiro atoms. The van der Waals surface area contributed by atoms with Crippen molar-refractivity contribution in [1.82, 2.24) is 4.98 Å². The fourth-order valence-corrected chi connectivity index (χ4v) is 1.22. The Kier molecular flexibility index (Phi) is 3.43. The minimum atomic E-state index is -0.236. The van der Waals surface area contributed by atoms with Crippen molar-refractivity contribution in [2.45, 2.75) is 26.2 Å². The lowest BCUT2D eigenvalue weighted by Crippen LogP contribution is -2.10. The highest BCUT2D eigenvalue weighted by molar-refractivity contribution is 5.73. The highest BCUT2D eigenvalue weighted by Crippen LogP contribution is 2.05. The van der Waals surface area contributed by atoms with Crippen LogP contribution in [0.25, 0.3) is 0 Å². The van der Waals surface area contributed by atoms with Gasteiger partial charge in [0.1, 0.15) is 0 Å². The third-order valence-corrected chi connectivity index (χ3v) is 1.82. The maximum atomic E-state index is 10.5. The quantitative estimate of drug-likeness (QED) is 0.753. The van der Waals surface area contributed by atoms with Crippen LogP contribution in [0.1, 0.15) is 24.0 Å². The molecule has 1 aromatic rings. The lowest BCUT2D eigenvalue weighted by Gasteiger charge is -1.99. The zero-order valence-electron chi connectivity index (χ0n) is 7.79. The van der Waals surface area contributed by atoms with Gasteiger partial charge in [-0.25, -0.2) is 0 Å². The van der Waals surface area contributed by atoms with Crippen LogP contribution < -0.4 is 5.73 Å². The summed E-state index contributed by atoms with van der Waals surface area (Å²) >= 11 is 0. The summed E-state index contributed by atoms with van der Waals surface area (Å²) < 4.78 is 0. The molecule has 2 N–H and O–H groups in total. The van der Waals surface area contributed by atoms with Gasteiger partial charge in [0.2, 0.25) is 5.91 Å². The van der Waals surface area contributed by atoms with E-state index in [-0.39, 0.29) is 5.91 Å². The van der Waals surface area contributed by atoms with Crippen molar-refractivity contribution in [2.75, 3.05) is 0 Å². The predicted octanol–water partition coefficient (Wildman–Crippen LogP) is 1.20. The fraction of sp³-hybridized carbons (Fsp3) is 0.400. The van der Waals surface area contributed by atoms with E-state index in [4.69, 9.17) is 5.73 Å². The van der Waals surface area contributed by atoms with E-state index in [0.717, 1.165) is 18.4 Å². The van der Waals surface area contributed by atoms with Crippen molar-refractivity contribution in [2.24, 2.45) is 5.73 Å². The Morgan fingerprint density at radius 2 is 2.31 bits per heavy atom. The van der Waals surface area contributed by atoms with Gasteiger partial charge >= 0.3 is 0 Å². The number of carbonyl (C=O) groups excluding carboxylic acids is 1. The molecule has 1 aromatic heterocycles. The summed E-state index contributed by atoms with van der Waals surface area (Å²) in [7, 11) is 0. The van der Waals surface area contributed by atoms with Gasteiger partial charge in [0, 0.05) is 18.8 Å². The van der Waals surface area contributed by atoms with Gasteiger partial charge in [-0.3, -0.25) is 9.78 Å². The lowest BCUT2D eigenvalue weighted by atomic mass is 10.1.